The fraction of sp³-hybridized carbons (Fsp3) is 0.273. The fourth-order valence-corrected chi connectivity index (χ4v) is 2.16. The molecule has 0 saturated carbocycles. The topological polar surface area (TPSA) is 28.7 Å². The van der Waals surface area contributed by atoms with Crippen LogP contribution in [0.5, 0.6) is 0 Å². The maximum Gasteiger partial charge on any atom is 0.137 e. The summed E-state index contributed by atoms with van der Waals surface area (Å²) >= 11 is 8.78. The highest BCUT2D eigenvalue weighted by Crippen LogP contribution is 2.24. The van der Waals surface area contributed by atoms with Crippen LogP contribution in [0, 0.1) is 11.6 Å². The van der Waals surface area contributed by atoms with Crippen molar-refractivity contribution >= 4 is 39.1 Å². The van der Waals surface area contributed by atoms with Crippen molar-refractivity contribution in [3.63, 3.8) is 0 Å². The second-order valence-electron chi connectivity index (χ2n) is 3.44. The molecule has 2 rings (SSSR count). The van der Waals surface area contributed by atoms with Crippen LogP contribution in [0.15, 0.2) is 16.6 Å². The molecule has 4 heteroatoms. The summed E-state index contributed by atoms with van der Waals surface area (Å²) in [5.41, 5.74) is 2.26. The Morgan fingerprint density at radius 2 is 2.20 bits per heavy atom. The van der Waals surface area contributed by atoms with E-state index in [0.717, 1.165) is 27.6 Å². The number of hydrogen-bond donors (Lipinski definition) is 1. The predicted octanol–water partition coefficient (Wildman–Crippen LogP) is 3.93. The normalized spacial score (nSPS) is 10.9. The number of rotatable bonds is 1. The molecule has 1 heterocycles. The van der Waals surface area contributed by atoms with Gasteiger partial charge >= 0.3 is 0 Å². The van der Waals surface area contributed by atoms with Gasteiger partial charge in [0, 0.05) is 16.3 Å². The van der Waals surface area contributed by atoms with Crippen LogP contribution in [0.4, 0.5) is 0 Å². The van der Waals surface area contributed by atoms with E-state index in [1.165, 1.54) is 5.56 Å². The molecule has 0 aliphatic heterocycles. The summed E-state index contributed by atoms with van der Waals surface area (Å²) in [5.74, 6) is 0.939. The second kappa shape index (κ2) is 4.02. The lowest BCUT2D eigenvalue weighted by atomic mass is 10.1. The van der Waals surface area contributed by atoms with Gasteiger partial charge in [0.1, 0.15) is 10.5 Å². The molecule has 0 aliphatic carbocycles. The lowest BCUT2D eigenvalue weighted by molar-refractivity contribution is 0.953. The van der Waals surface area contributed by atoms with E-state index in [4.69, 9.17) is 12.2 Å². The van der Waals surface area contributed by atoms with Crippen LogP contribution in [-0.2, 0) is 6.42 Å². The van der Waals surface area contributed by atoms with Crippen molar-refractivity contribution in [2.75, 3.05) is 0 Å². The Labute approximate surface area is 102 Å². The smallest absolute Gasteiger partial charge is 0.137 e. The third kappa shape index (κ3) is 1.84. The van der Waals surface area contributed by atoms with Crippen molar-refractivity contribution in [1.29, 1.82) is 0 Å². The Hall–Kier alpha value is -0.740. The molecule has 0 amide bonds. The van der Waals surface area contributed by atoms with Crippen molar-refractivity contribution in [1.82, 2.24) is 9.97 Å². The van der Waals surface area contributed by atoms with Gasteiger partial charge in [-0.15, -0.1) is 0 Å². The molecule has 0 aliphatic rings. The predicted molar refractivity (Wildman–Crippen MR) is 68.7 cm³/mol. The molecular formula is C11H11BrN2S. The molecule has 2 nitrogen and oxygen atoms in total. The minimum Gasteiger partial charge on any atom is -0.343 e. The average molecular weight is 283 g/mol. The van der Waals surface area contributed by atoms with Gasteiger partial charge in [-0.3, -0.25) is 0 Å². The van der Waals surface area contributed by atoms with Gasteiger partial charge in [0.15, 0.2) is 0 Å². The molecule has 15 heavy (non-hydrogen) atoms. The van der Waals surface area contributed by atoms with Gasteiger partial charge in [-0.2, -0.15) is 0 Å². The van der Waals surface area contributed by atoms with Crippen molar-refractivity contribution in [2.24, 2.45) is 0 Å². The van der Waals surface area contributed by atoms with Gasteiger partial charge < -0.3 is 4.98 Å². The Balaban J connectivity index is 2.93. The molecule has 0 radical (unpaired) electrons. The molecule has 1 N–H and O–H groups in total. The van der Waals surface area contributed by atoms with E-state index in [1.54, 1.807) is 0 Å². The Morgan fingerprint density at radius 3 is 2.87 bits per heavy atom. The minimum atomic E-state index is 0.677. The first-order valence-electron chi connectivity index (χ1n) is 4.81. The number of halogens is 1. The number of nitrogens with one attached hydrogen (secondary N) is 1. The molecule has 2 aromatic rings. The number of benzene rings is 1. The van der Waals surface area contributed by atoms with Gasteiger partial charge in [0.2, 0.25) is 0 Å². The van der Waals surface area contributed by atoms with Crippen molar-refractivity contribution in [3.05, 3.63) is 32.6 Å². The zero-order valence-corrected chi connectivity index (χ0v) is 11.0. The van der Waals surface area contributed by atoms with E-state index in [9.17, 15) is 0 Å². The Morgan fingerprint density at radius 1 is 1.47 bits per heavy atom. The highest BCUT2D eigenvalue weighted by molar-refractivity contribution is 9.10. The third-order valence-corrected chi connectivity index (χ3v) is 3.64. The quantitative estimate of drug-likeness (QED) is 0.803. The zero-order chi connectivity index (χ0) is 11.0. The number of hydrogen-bond acceptors (Lipinski definition) is 2. The lowest BCUT2D eigenvalue weighted by Crippen LogP contribution is -1.96. The number of aromatic nitrogens is 2. The Bertz CT molecular complexity index is 575. The fourth-order valence-electron chi connectivity index (χ4n) is 1.55. The average Bonchev–Trinajstić information content (AvgIpc) is 2.23. The van der Waals surface area contributed by atoms with E-state index >= 15 is 0 Å². The van der Waals surface area contributed by atoms with E-state index in [1.807, 2.05) is 12.1 Å². The standard InChI is InChI=1S/C11H11BrN2S/c1-3-9-13-10-6(2)8(12)5-4-7(10)11(15)14-9/h4-5H,3H2,1-2H3,(H,13,14,15). The Kier molecular flexibility index (Phi) is 2.89. The van der Waals surface area contributed by atoms with Crippen LogP contribution in [0.25, 0.3) is 10.9 Å². The monoisotopic (exact) mass is 282 g/mol. The number of aryl methyl sites for hydroxylation is 2. The van der Waals surface area contributed by atoms with Crippen LogP contribution in [0.1, 0.15) is 18.3 Å². The number of aromatic amines is 1. The summed E-state index contributed by atoms with van der Waals surface area (Å²) < 4.78 is 1.77. The number of H-pyrrole nitrogens is 1. The van der Waals surface area contributed by atoms with Gasteiger partial charge in [-0.25, -0.2) is 4.98 Å². The lowest BCUT2D eigenvalue weighted by Gasteiger charge is -2.06. The van der Waals surface area contributed by atoms with Crippen molar-refractivity contribution in [2.45, 2.75) is 20.3 Å². The van der Waals surface area contributed by atoms with Crippen LogP contribution < -0.4 is 0 Å². The van der Waals surface area contributed by atoms with Crippen LogP contribution >= 0.6 is 28.1 Å². The molecule has 0 fully saturated rings. The third-order valence-electron chi connectivity index (χ3n) is 2.47. The zero-order valence-electron chi connectivity index (χ0n) is 8.60. The summed E-state index contributed by atoms with van der Waals surface area (Å²) in [6, 6.07) is 4.01. The van der Waals surface area contributed by atoms with Crippen LogP contribution in [0.3, 0.4) is 0 Å². The van der Waals surface area contributed by atoms with Gasteiger partial charge in [0.25, 0.3) is 0 Å². The minimum absolute atomic E-state index is 0.677. The number of fused-ring (bicyclic) bond motifs is 1. The summed E-state index contributed by atoms with van der Waals surface area (Å²) in [5, 5.41) is 1.02. The molecule has 0 atom stereocenters. The van der Waals surface area contributed by atoms with E-state index in [-0.39, 0.29) is 0 Å². The molecule has 1 aromatic heterocycles. The van der Waals surface area contributed by atoms with Crippen LogP contribution in [-0.4, -0.2) is 9.97 Å². The van der Waals surface area contributed by atoms with Crippen molar-refractivity contribution in [3.8, 4) is 0 Å². The highest BCUT2D eigenvalue weighted by atomic mass is 79.9. The first-order valence-corrected chi connectivity index (χ1v) is 6.01. The molecule has 78 valence electrons. The maximum atomic E-state index is 5.26. The second-order valence-corrected chi connectivity index (χ2v) is 4.68. The van der Waals surface area contributed by atoms with E-state index < -0.39 is 0 Å². The SMILES string of the molecule is CCc1nc(=S)c2ccc(Br)c(C)c2[nH]1. The van der Waals surface area contributed by atoms with E-state index in [2.05, 4.69) is 39.7 Å². The van der Waals surface area contributed by atoms with Gasteiger partial charge in [0.05, 0.1) is 5.52 Å². The van der Waals surface area contributed by atoms with Gasteiger partial charge in [-0.1, -0.05) is 35.1 Å². The van der Waals surface area contributed by atoms with Gasteiger partial charge in [-0.05, 0) is 24.6 Å². The summed E-state index contributed by atoms with van der Waals surface area (Å²) in [4.78, 5) is 7.65. The summed E-state index contributed by atoms with van der Waals surface area (Å²) in [6.45, 7) is 4.13. The largest absolute Gasteiger partial charge is 0.343 e. The van der Waals surface area contributed by atoms with E-state index in [0.29, 0.717) is 4.64 Å². The first kappa shape index (κ1) is 10.8. The molecular weight excluding hydrogens is 272 g/mol. The molecule has 0 spiro atoms. The number of nitrogens with zero attached hydrogens (tertiary/aromatic N) is 1. The summed E-state index contributed by atoms with van der Waals surface area (Å²) in [7, 11) is 0. The molecule has 0 saturated heterocycles. The van der Waals surface area contributed by atoms with Crippen molar-refractivity contribution < 1.29 is 0 Å². The first-order chi connectivity index (χ1) is 7.13. The molecule has 0 unspecified atom stereocenters. The highest BCUT2D eigenvalue weighted by Gasteiger charge is 2.05. The van der Waals surface area contributed by atoms with Crippen LogP contribution in [0.2, 0.25) is 0 Å². The summed E-state index contributed by atoms with van der Waals surface area (Å²) in [6.07, 6.45) is 0.867. The molecule has 0 bridgehead atoms. The molecule has 1 aromatic carbocycles. The maximum absolute atomic E-state index is 5.26.